The predicted molar refractivity (Wildman–Crippen MR) is 106 cm³/mol. The van der Waals surface area contributed by atoms with E-state index >= 15 is 0 Å². The van der Waals surface area contributed by atoms with Gasteiger partial charge < -0.3 is 10.2 Å². The van der Waals surface area contributed by atoms with E-state index < -0.39 is 0 Å². The van der Waals surface area contributed by atoms with Gasteiger partial charge in [-0.2, -0.15) is 0 Å². The van der Waals surface area contributed by atoms with Crippen molar-refractivity contribution in [1.29, 1.82) is 0 Å². The van der Waals surface area contributed by atoms with Crippen molar-refractivity contribution in [2.45, 2.75) is 46.6 Å². The Morgan fingerprint density at radius 1 is 1.23 bits per heavy atom. The first-order valence-electron chi connectivity index (χ1n) is 9.68. The van der Waals surface area contributed by atoms with Gasteiger partial charge in [-0.15, -0.1) is 0 Å². The zero-order valence-electron chi connectivity index (χ0n) is 16.8. The maximum absolute atomic E-state index is 12.8. The molecule has 1 aromatic carbocycles. The minimum Gasteiger partial charge on any atom is -0.335 e. The van der Waals surface area contributed by atoms with Crippen LogP contribution in [0.1, 0.15) is 39.7 Å². The summed E-state index contributed by atoms with van der Waals surface area (Å²) in [6.45, 7) is 10.4. The van der Waals surface area contributed by atoms with Crippen LogP contribution in [-0.2, 0) is 16.0 Å². The molecule has 1 heterocycles. The number of para-hydroxylation sites is 1. The Morgan fingerprint density at radius 3 is 2.46 bits per heavy atom. The Balaban J connectivity index is 1.92. The minimum absolute atomic E-state index is 0.00484. The first kappa shape index (κ1) is 20.4. The van der Waals surface area contributed by atoms with Gasteiger partial charge in [0.2, 0.25) is 11.8 Å². The molecule has 1 aromatic rings. The van der Waals surface area contributed by atoms with Crippen molar-refractivity contribution in [2.24, 2.45) is 11.8 Å². The maximum atomic E-state index is 12.8. The van der Waals surface area contributed by atoms with Crippen molar-refractivity contribution in [2.75, 3.05) is 32.0 Å². The summed E-state index contributed by atoms with van der Waals surface area (Å²) in [7, 11) is 1.71. The second-order valence-electron chi connectivity index (χ2n) is 7.83. The molecule has 144 valence electrons. The third-order valence-corrected chi connectivity index (χ3v) is 5.23. The smallest absolute Gasteiger partial charge is 0.243 e. The van der Waals surface area contributed by atoms with Crippen LogP contribution in [0, 0.1) is 11.8 Å². The Hall–Kier alpha value is -1.88. The highest BCUT2D eigenvalue weighted by Crippen LogP contribution is 2.23. The van der Waals surface area contributed by atoms with E-state index in [4.69, 9.17) is 0 Å². The van der Waals surface area contributed by atoms with Crippen LogP contribution in [0.4, 0.5) is 5.69 Å². The molecule has 1 aliphatic heterocycles. The van der Waals surface area contributed by atoms with Crippen LogP contribution in [0.5, 0.6) is 0 Å². The third-order valence-electron chi connectivity index (χ3n) is 5.23. The van der Waals surface area contributed by atoms with Gasteiger partial charge in [-0.25, -0.2) is 0 Å². The summed E-state index contributed by atoms with van der Waals surface area (Å²) >= 11 is 0. The molecule has 5 heteroatoms. The van der Waals surface area contributed by atoms with E-state index in [0.29, 0.717) is 11.8 Å². The number of anilines is 1. The van der Waals surface area contributed by atoms with Gasteiger partial charge in [0.15, 0.2) is 0 Å². The highest BCUT2D eigenvalue weighted by Gasteiger charge is 2.30. The summed E-state index contributed by atoms with van der Waals surface area (Å²) in [5, 5.41) is 2.93. The van der Waals surface area contributed by atoms with Crippen molar-refractivity contribution >= 4 is 17.5 Å². The molecular weight excluding hydrogens is 326 g/mol. The number of rotatable bonds is 6. The number of amides is 2. The fourth-order valence-electron chi connectivity index (χ4n) is 3.94. The van der Waals surface area contributed by atoms with Gasteiger partial charge in [-0.3, -0.25) is 14.5 Å². The number of hydrogen-bond acceptors (Lipinski definition) is 3. The maximum Gasteiger partial charge on any atom is 0.243 e. The second-order valence-corrected chi connectivity index (χ2v) is 7.83. The number of carbonyl (C=O) groups excluding carboxylic acids is 2. The lowest BCUT2D eigenvalue weighted by molar-refractivity contribution is -0.138. The Bertz CT molecular complexity index is 621. The van der Waals surface area contributed by atoms with Crippen LogP contribution >= 0.6 is 0 Å². The summed E-state index contributed by atoms with van der Waals surface area (Å²) in [5.41, 5.74) is 1.92. The SMILES string of the molecule is CCc1ccccc1NC(=O)CN(C)C(=O)[C@H](C)N1C[C@H](C)C[C@@H](C)C1. The van der Waals surface area contributed by atoms with E-state index in [9.17, 15) is 9.59 Å². The minimum atomic E-state index is -0.194. The average molecular weight is 360 g/mol. The molecule has 26 heavy (non-hydrogen) atoms. The lowest BCUT2D eigenvalue weighted by Gasteiger charge is -2.39. The quantitative estimate of drug-likeness (QED) is 0.849. The molecule has 2 amide bonds. The summed E-state index contributed by atoms with van der Waals surface area (Å²) in [5.74, 6) is 1.06. The van der Waals surface area contributed by atoms with E-state index in [0.717, 1.165) is 30.8 Å². The molecule has 1 fully saturated rings. The van der Waals surface area contributed by atoms with Crippen molar-refractivity contribution in [3.05, 3.63) is 29.8 Å². The second kappa shape index (κ2) is 9.17. The normalized spacial score (nSPS) is 21.9. The van der Waals surface area contributed by atoms with E-state index in [1.165, 1.54) is 6.42 Å². The molecule has 0 radical (unpaired) electrons. The Kier molecular flexibility index (Phi) is 7.21. The summed E-state index contributed by atoms with van der Waals surface area (Å²) in [4.78, 5) is 28.9. The number of likely N-dealkylation sites (tertiary alicyclic amines) is 1. The number of carbonyl (C=O) groups is 2. The zero-order chi connectivity index (χ0) is 19.3. The molecule has 1 N–H and O–H groups in total. The molecule has 0 saturated carbocycles. The van der Waals surface area contributed by atoms with Crippen molar-refractivity contribution in [3.8, 4) is 0 Å². The molecule has 0 aliphatic carbocycles. The van der Waals surface area contributed by atoms with Crippen molar-refractivity contribution < 1.29 is 9.59 Å². The molecule has 5 nitrogen and oxygen atoms in total. The van der Waals surface area contributed by atoms with Gasteiger partial charge in [0.1, 0.15) is 0 Å². The number of benzene rings is 1. The van der Waals surface area contributed by atoms with Gasteiger partial charge in [-0.05, 0) is 43.2 Å². The lowest BCUT2D eigenvalue weighted by Crippen LogP contribution is -2.51. The molecule has 0 spiro atoms. The predicted octanol–water partition coefficient (Wildman–Crippen LogP) is 3.01. The average Bonchev–Trinajstić information content (AvgIpc) is 2.59. The molecule has 0 unspecified atom stereocenters. The molecular formula is C21H33N3O2. The topological polar surface area (TPSA) is 52.7 Å². The third kappa shape index (κ3) is 5.31. The van der Waals surface area contributed by atoms with Gasteiger partial charge in [0.05, 0.1) is 12.6 Å². The largest absolute Gasteiger partial charge is 0.335 e. The number of aryl methyl sites for hydroxylation is 1. The van der Waals surface area contributed by atoms with Gasteiger partial charge in [-0.1, -0.05) is 39.0 Å². The Morgan fingerprint density at radius 2 is 1.85 bits per heavy atom. The van der Waals surface area contributed by atoms with Crippen LogP contribution in [0.15, 0.2) is 24.3 Å². The molecule has 0 aromatic heterocycles. The van der Waals surface area contributed by atoms with Gasteiger partial charge in [0, 0.05) is 25.8 Å². The monoisotopic (exact) mass is 359 g/mol. The molecule has 1 saturated heterocycles. The van der Waals surface area contributed by atoms with Crippen LogP contribution in [-0.4, -0.2) is 54.3 Å². The van der Waals surface area contributed by atoms with Gasteiger partial charge >= 0.3 is 0 Å². The van der Waals surface area contributed by atoms with Crippen LogP contribution in [0.25, 0.3) is 0 Å². The van der Waals surface area contributed by atoms with E-state index in [-0.39, 0.29) is 24.4 Å². The first-order valence-corrected chi connectivity index (χ1v) is 9.68. The number of nitrogens with one attached hydrogen (secondary N) is 1. The number of likely N-dealkylation sites (N-methyl/N-ethyl adjacent to an activating group) is 1. The van der Waals surface area contributed by atoms with Crippen LogP contribution in [0.3, 0.4) is 0 Å². The standard InChI is InChI=1S/C21H33N3O2/c1-6-18-9-7-8-10-19(18)22-20(25)14-23(5)21(26)17(4)24-12-15(2)11-16(3)13-24/h7-10,15-17H,6,11-14H2,1-5H3,(H,22,25)/t15-,16-,17+/m1/s1. The van der Waals surface area contributed by atoms with Gasteiger partial charge in [0.25, 0.3) is 0 Å². The summed E-state index contributed by atoms with van der Waals surface area (Å²) in [6, 6.07) is 7.58. The first-order chi connectivity index (χ1) is 12.3. The van der Waals surface area contributed by atoms with Crippen LogP contribution < -0.4 is 5.32 Å². The molecule has 2 rings (SSSR count). The number of piperidine rings is 1. The van der Waals surface area contributed by atoms with E-state index in [2.05, 4.69) is 31.0 Å². The Labute approximate surface area is 157 Å². The molecule has 0 bridgehead atoms. The number of nitrogens with zero attached hydrogens (tertiary/aromatic N) is 2. The summed E-state index contributed by atoms with van der Waals surface area (Å²) < 4.78 is 0. The van der Waals surface area contributed by atoms with Crippen LogP contribution in [0.2, 0.25) is 0 Å². The van der Waals surface area contributed by atoms with Crippen molar-refractivity contribution in [3.63, 3.8) is 0 Å². The lowest BCUT2D eigenvalue weighted by atomic mass is 9.91. The summed E-state index contributed by atoms with van der Waals surface area (Å²) in [6.07, 6.45) is 2.07. The number of hydrogen-bond donors (Lipinski definition) is 1. The fraction of sp³-hybridized carbons (Fsp3) is 0.619. The molecule has 3 atom stereocenters. The van der Waals surface area contributed by atoms with E-state index in [1.807, 2.05) is 31.2 Å². The highest BCUT2D eigenvalue weighted by molar-refractivity contribution is 5.95. The fourth-order valence-corrected chi connectivity index (χ4v) is 3.94. The van der Waals surface area contributed by atoms with E-state index in [1.54, 1.807) is 11.9 Å². The highest BCUT2D eigenvalue weighted by atomic mass is 16.2. The molecule has 1 aliphatic rings. The zero-order valence-corrected chi connectivity index (χ0v) is 16.8. The van der Waals surface area contributed by atoms with Crippen molar-refractivity contribution in [1.82, 2.24) is 9.80 Å².